The van der Waals surface area contributed by atoms with Gasteiger partial charge < -0.3 is 4.90 Å². The molecular weight excluding hydrogens is 530 g/mol. The molecule has 5 rings (SSSR count). The molecule has 1 saturated heterocycles. The number of hydrogen-bond donors (Lipinski definition) is 1. The molecule has 3 atom stereocenters. The van der Waals surface area contributed by atoms with Crippen molar-refractivity contribution >= 4 is 56.1 Å². The van der Waals surface area contributed by atoms with E-state index in [0.29, 0.717) is 11.6 Å². The topological polar surface area (TPSA) is 65.5 Å². The van der Waals surface area contributed by atoms with Crippen LogP contribution in [0.1, 0.15) is 25.3 Å². The number of aromatic nitrogens is 1. The standard InChI is InChI=1S/C24H25Cl2FN4O2S2/c1-15-11-24(15,17-5-3-4-6-18(17)25)31-8-7-16(12-31)30(2)21-10-20(27)22(9-19(21)26)35(32,33)29-23-13-34-14-28-23/h3-6,9-10,13-16,29H,7-8,11-12H2,1-2H3/t15-,16-,24?/m0/s1. The van der Waals surface area contributed by atoms with Gasteiger partial charge in [-0.3, -0.25) is 9.62 Å². The first-order chi connectivity index (χ1) is 16.6. The number of likely N-dealkylation sites (tertiary alicyclic amines) is 1. The summed E-state index contributed by atoms with van der Waals surface area (Å²) in [6, 6.07) is 10.5. The summed E-state index contributed by atoms with van der Waals surface area (Å²) >= 11 is 14.3. The lowest BCUT2D eigenvalue weighted by atomic mass is 10.0. The van der Waals surface area contributed by atoms with Crippen molar-refractivity contribution in [2.75, 3.05) is 29.8 Å². The number of hydrogen-bond acceptors (Lipinski definition) is 6. The van der Waals surface area contributed by atoms with Gasteiger partial charge in [0.25, 0.3) is 10.0 Å². The summed E-state index contributed by atoms with van der Waals surface area (Å²) in [7, 11) is -2.29. The Morgan fingerprint density at radius 1 is 1.26 bits per heavy atom. The largest absolute Gasteiger partial charge is 0.369 e. The second kappa shape index (κ2) is 9.19. The van der Waals surface area contributed by atoms with Gasteiger partial charge in [0.1, 0.15) is 10.7 Å². The highest BCUT2D eigenvalue weighted by atomic mass is 35.5. The van der Waals surface area contributed by atoms with E-state index in [-0.39, 0.29) is 22.4 Å². The summed E-state index contributed by atoms with van der Waals surface area (Å²) in [6.07, 6.45) is 1.92. The van der Waals surface area contributed by atoms with Crippen molar-refractivity contribution in [2.24, 2.45) is 5.92 Å². The third kappa shape index (κ3) is 4.42. The Bertz CT molecular complexity index is 1360. The molecule has 1 saturated carbocycles. The van der Waals surface area contributed by atoms with Crippen LogP contribution in [0, 0.1) is 11.7 Å². The number of likely N-dealkylation sites (N-methyl/N-ethyl adjacent to an activating group) is 1. The lowest BCUT2D eigenvalue weighted by molar-refractivity contribution is 0.204. The normalized spacial score (nSPS) is 24.5. The summed E-state index contributed by atoms with van der Waals surface area (Å²) in [6.45, 7) is 3.90. The molecule has 1 N–H and O–H groups in total. The molecule has 2 heterocycles. The zero-order valence-corrected chi connectivity index (χ0v) is 22.4. The fraction of sp³-hybridized carbons (Fsp3) is 0.375. The van der Waals surface area contributed by atoms with E-state index in [4.69, 9.17) is 23.2 Å². The Morgan fingerprint density at radius 3 is 2.66 bits per heavy atom. The third-order valence-electron chi connectivity index (χ3n) is 7.23. The van der Waals surface area contributed by atoms with Gasteiger partial charge in [-0.2, -0.15) is 0 Å². The maximum atomic E-state index is 15.0. The zero-order valence-electron chi connectivity index (χ0n) is 19.2. The van der Waals surface area contributed by atoms with Gasteiger partial charge in [-0.25, -0.2) is 17.8 Å². The Balaban J connectivity index is 1.36. The molecule has 1 aliphatic carbocycles. The number of thiazole rings is 1. The van der Waals surface area contributed by atoms with Crippen molar-refractivity contribution in [1.29, 1.82) is 0 Å². The van der Waals surface area contributed by atoms with Crippen LogP contribution in [0.2, 0.25) is 10.0 Å². The maximum Gasteiger partial charge on any atom is 0.266 e. The molecule has 2 aliphatic rings. The number of anilines is 2. The molecule has 2 aromatic carbocycles. The van der Waals surface area contributed by atoms with Gasteiger partial charge in [0.15, 0.2) is 5.82 Å². The number of benzene rings is 2. The van der Waals surface area contributed by atoms with Crippen LogP contribution in [-0.2, 0) is 15.6 Å². The SMILES string of the molecule is C[C@H]1CC1(c1ccccc1Cl)N1CC[C@H](N(C)c2cc(F)c(S(=O)(=O)Nc3cscn3)cc2Cl)C1. The third-order valence-corrected chi connectivity index (χ3v) is 9.82. The van der Waals surface area contributed by atoms with Crippen LogP contribution in [0.25, 0.3) is 0 Å². The highest BCUT2D eigenvalue weighted by molar-refractivity contribution is 7.92. The van der Waals surface area contributed by atoms with E-state index >= 15 is 4.39 Å². The minimum atomic E-state index is -4.16. The van der Waals surface area contributed by atoms with Gasteiger partial charge in [0.2, 0.25) is 0 Å². The summed E-state index contributed by atoms with van der Waals surface area (Å²) in [5.41, 5.74) is 3.02. The molecule has 3 aromatic rings. The molecule has 0 bridgehead atoms. The predicted octanol–water partition coefficient (Wildman–Crippen LogP) is 5.84. The highest BCUT2D eigenvalue weighted by Crippen LogP contribution is 2.59. The van der Waals surface area contributed by atoms with Crippen LogP contribution in [0.4, 0.5) is 15.9 Å². The minimum absolute atomic E-state index is 0.0811. The average Bonchev–Trinajstić information content (AvgIpc) is 3.19. The van der Waals surface area contributed by atoms with Crippen molar-refractivity contribution in [1.82, 2.24) is 9.88 Å². The smallest absolute Gasteiger partial charge is 0.266 e. The summed E-state index contributed by atoms with van der Waals surface area (Å²) < 4.78 is 42.7. The van der Waals surface area contributed by atoms with Crippen LogP contribution in [0.3, 0.4) is 0 Å². The molecule has 0 radical (unpaired) electrons. The van der Waals surface area contributed by atoms with Crippen molar-refractivity contribution in [2.45, 2.75) is 36.2 Å². The monoisotopic (exact) mass is 554 g/mol. The zero-order chi connectivity index (χ0) is 25.0. The molecule has 0 amide bonds. The van der Waals surface area contributed by atoms with Crippen molar-refractivity contribution in [3.8, 4) is 0 Å². The predicted molar refractivity (Wildman–Crippen MR) is 140 cm³/mol. The molecule has 11 heteroatoms. The van der Waals surface area contributed by atoms with E-state index in [2.05, 4.69) is 27.6 Å². The first-order valence-corrected chi connectivity index (χ1v) is 14.4. The molecule has 35 heavy (non-hydrogen) atoms. The van der Waals surface area contributed by atoms with Crippen LogP contribution in [0.15, 0.2) is 52.2 Å². The number of sulfonamides is 1. The van der Waals surface area contributed by atoms with Gasteiger partial charge in [0, 0.05) is 42.6 Å². The van der Waals surface area contributed by atoms with Crippen LogP contribution in [-0.4, -0.2) is 44.5 Å². The first-order valence-electron chi connectivity index (χ1n) is 11.3. The van der Waals surface area contributed by atoms with E-state index < -0.39 is 20.7 Å². The van der Waals surface area contributed by atoms with Crippen molar-refractivity contribution < 1.29 is 12.8 Å². The summed E-state index contributed by atoms with van der Waals surface area (Å²) in [5, 5.41) is 2.48. The van der Waals surface area contributed by atoms with E-state index in [1.54, 1.807) is 0 Å². The second-order valence-corrected chi connectivity index (χ2v) is 12.4. The molecule has 1 aromatic heterocycles. The number of halogens is 3. The Morgan fingerprint density at radius 2 is 2.00 bits per heavy atom. The van der Waals surface area contributed by atoms with Gasteiger partial charge in [-0.15, -0.1) is 11.3 Å². The summed E-state index contributed by atoms with van der Waals surface area (Å²) in [5.74, 6) is -0.237. The summed E-state index contributed by atoms with van der Waals surface area (Å²) in [4.78, 5) is 7.80. The van der Waals surface area contributed by atoms with E-state index in [9.17, 15) is 8.42 Å². The quantitative estimate of drug-likeness (QED) is 0.397. The molecule has 2 fully saturated rings. The van der Waals surface area contributed by atoms with Crippen molar-refractivity contribution in [3.63, 3.8) is 0 Å². The number of nitrogens with zero attached hydrogens (tertiary/aromatic N) is 3. The number of rotatable bonds is 7. The lowest BCUT2D eigenvalue weighted by Gasteiger charge is -2.32. The first kappa shape index (κ1) is 24.8. The van der Waals surface area contributed by atoms with E-state index in [0.717, 1.165) is 36.5 Å². The fourth-order valence-corrected chi connectivity index (χ4v) is 7.58. The fourth-order valence-electron chi connectivity index (χ4n) is 5.27. The van der Waals surface area contributed by atoms with Crippen molar-refractivity contribution in [3.05, 3.63) is 68.7 Å². The van der Waals surface area contributed by atoms with Gasteiger partial charge in [-0.05, 0) is 36.5 Å². The number of nitrogens with one attached hydrogen (secondary N) is 1. The highest BCUT2D eigenvalue weighted by Gasteiger charge is 2.58. The Hall–Kier alpha value is -1.91. The van der Waals surface area contributed by atoms with Crippen LogP contribution < -0.4 is 9.62 Å². The lowest BCUT2D eigenvalue weighted by Crippen LogP contribution is -2.39. The molecule has 186 valence electrons. The Kier molecular flexibility index (Phi) is 6.51. The molecule has 1 aliphatic heterocycles. The molecule has 1 unspecified atom stereocenters. The van der Waals surface area contributed by atoms with Gasteiger partial charge in [0.05, 0.1) is 21.8 Å². The van der Waals surface area contributed by atoms with E-state index in [1.807, 2.05) is 30.1 Å². The molecule has 0 spiro atoms. The minimum Gasteiger partial charge on any atom is -0.369 e. The second-order valence-electron chi connectivity index (χ2n) is 9.22. The molecular formula is C24H25Cl2FN4O2S2. The van der Waals surface area contributed by atoms with Crippen LogP contribution >= 0.6 is 34.5 Å². The maximum absolute atomic E-state index is 15.0. The van der Waals surface area contributed by atoms with Crippen LogP contribution in [0.5, 0.6) is 0 Å². The average molecular weight is 556 g/mol. The molecule has 6 nitrogen and oxygen atoms in total. The van der Waals surface area contributed by atoms with Gasteiger partial charge >= 0.3 is 0 Å². The Labute approximate surface area is 218 Å². The van der Waals surface area contributed by atoms with Gasteiger partial charge in [-0.1, -0.05) is 48.3 Å². The van der Waals surface area contributed by atoms with E-state index in [1.165, 1.54) is 34.4 Å².